The molecule has 1 heterocycles. The summed E-state index contributed by atoms with van der Waals surface area (Å²) in [5.41, 5.74) is 4.23. The number of aliphatic imine (C=N–C) groups is 1. The molecule has 0 aliphatic rings. The molecule has 0 radical (unpaired) electrons. The second kappa shape index (κ2) is 10.8. The van der Waals surface area contributed by atoms with Crippen LogP contribution in [-0.2, 0) is 13.1 Å². The molecule has 0 spiro atoms. The quantitative estimate of drug-likeness (QED) is 0.368. The van der Waals surface area contributed by atoms with Crippen molar-refractivity contribution in [2.24, 2.45) is 4.99 Å². The van der Waals surface area contributed by atoms with Crippen molar-refractivity contribution in [3.8, 4) is 11.5 Å². The normalized spacial score (nSPS) is 11.8. The molecule has 0 aliphatic carbocycles. The van der Waals surface area contributed by atoms with Crippen LogP contribution < -0.4 is 16.0 Å². The summed E-state index contributed by atoms with van der Waals surface area (Å²) >= 11 is 0. The number of carbonyl (C=O) groups is 1. The van der Waals surface area contributed by atoms with Gasteiger partial charge in [-0.15, -0.1) is 0 Å². The molecule has 3 aromatic rings. The second-order valence-electron chi connectivity index (χ2n) is 8.96. The summed E-state index contributed by atoms with van der Waals surface area (Å²) in [5, 5.41) is 9.51. The molecule has 1 amide bonds. The van der Waals surface area contributed by atoms with Crippen LogP contribution in [0.1, 0.15) is 54.9 Å². The van der Waals surface area contributed by atoms with Gasteiger partial charge in [0.25, 0.3) is 5.91 Å². The van der Waals surface area contributed by atoms with E-state index in [4.69, 9.17) is 4.42 Å². The summed E-state index contributed by atoms with van der Waals surface area (Å²) in [7, 11) is 0. The minimum atomic E-state index is -0.284. The number of hydrogen-bond acceptors (Lipinski definition) is 4. The van der Waals surface area contributed by atoms with Gasteiger partial charge in [-0.25, -0.2) is 9.98 Å². The molecule has 0 saturated heterocycles. The van der Waals surface area contributed by atoms with Crippen molar-refractivity contribution in [3.05, 3.63) is 77.2 Å². The Balaban J connectivity index is 1.63. The molecule has 174 valence electrons. The van der Waals surface area contributed by atoms with Crippen molar-refractivity contribution in [1.29, 1.82) is 0 Å². The van der Waals surface area contributed by atoms with Gasteiger partial charge in [-0.05, 0) is 64.4 Å². The maximum atomic E-state index is 12.4. The van der Waals surface area contributed by atoms with Crippen molar-refractivity contribution in [3.63, 3.8) is 0 Å². The molecular weight excluding hydrogens is 414 g/mol. The van der Waals surface area contributed by atoms with Gasteiger partial charge in [-0.2, -0.15) is 0 Å². The number of amides is 1. The highest BCUT2D eigenvalue weighted by Gasteiger charge is 2.15. The summed E-state index contributed by atoms with van der Waals surface area (Å²) in [6.07, 6.45) is 1.66. The Morgan fingerprint density at radius 2 is 1.85 bits per heavy atom. The first-order valence-electron chi connectivity index (χ1n) is 11.2. The Bertz CT molecular complexity index is 1090. The van der Waals surface area contributed by atoms with E-state index in [0.717, 1.165) is 23.4 Å². The van der Waals surface area contributed by atoms with E-state index >= 15 is 0 Å². The molecule has 7 heteroatoms. The van der Waals surface area contributed by atoms with E-state index < -0.39 is 0 Å². The maximum Gasteiger partial charge on any atom is 0.251 e. The molecule has 0 unspecified atom stereocenters. The molecule has 0 aliphatic heterocycles. The highest BCUT2D eigenvalue weighted by atomic mass is 16.3. The number of carbonyl (C=O) groups excluding carboxylic acids is 1. The minimum Gasteiger partial charge on any atom is -0.444 e. The summed E-state index contributed by atoms with van der Waals surface area (Å²) in [6, 6.07) is 15.6. The van der Waals surface area contributed by atoms with Crippen LogP contribution in [0.25, 0.3) is 11.5 Å². The number of nitrogens with one attached hydrogen (secondary N) is 3. The van der Waals surface area contributed by atoms with E-state index in [-0.39, 0.29) is 11.4 Å². The van der Waals surface area contributed by atoms with Crippen molar-refractivity contribution in [1.82, 2.24) is 20.9 Å². The average molecular weight is 448 g/mol. The standard InChI is InChI=1S/C26H33N5O2/c1-6-27-25(28-15-19-8-7-9-21(14-19)23(32)31-26(3,4)5)29-16-22-17-33-24(30-22)20-12-10-18(2)11-13-20/h7-14,17H,6,15-16H2,1-5H3,(H,31,32)(H2,27,28,29). The van der Waals surface area contributed by atoms with E-state index in [9.17, 15) is 4.79 Å². The van der Waals surface area contributed by atoms with Crippen LogP contribution in [-0.4, -0.2) is 28.9 Å². The smallest absolute Gasteiger partial charge is 0.251 e. The molecular formula is C26H33N5O2. The first kappa shape index (κ1) is 24.0. The highest BCUT2D eigenvalue weighted by molar-refractivity contribution is 5.94. The number of rotatable bonds is 7. The van der Waals surface area contributed by atoms with Crippen LogP contribution >= 0.6 is 0 Å². The van der Waals surface area contributed by atoms with Gasteiger partial charge < -0.3 is 20.4 Å². The van der Waals surface area contributed by atoms with Gasteiger partial charge in [-0.3, -0.25) is 4.79 Å². The molecule has 3 rings (SSSR count). The molecule has 0 bridgehead atoms. The minimum absolute atomic E-state index is 0.0891. The third-order valence-electron chi connectivity index (χ3n) is 4.73. The van der Waals surface area contributed by atoms with Gasteiger partial charge in [-0.1, -0.05) is 29.8 Å². The van der Waals surface area contributed by atoms with Gasteiger partial charge in [0.05, 0.1) is 18.8 Å². The predicted molar refractivity (Wildman–Crippen MR) is 132 cm³/mol. The Morgan fingerprint density at radius 1 is 1.09 bits per heavy atom. The van der Waals surface area contributed by atoms with Crippen molar-refractivity contribution >= 4 is 11.9 Å². The van der Waals surface area contributed by atoms with Crippen LogP contribution in [0.2, 0.25) is 0 Å². The van der Waals surface area contributed by atoms with E-state index in [1.807, 2.05) is 83.1 Å². The Morgan fingerprint density at radius 3 is 2.55 bits per heavy atom. The lowest BCUT2D eigenvalue weighted by atomic mass is 10.1. The lowest BCUT2D eigenvalue weighted by molar-refractivity contribution is 0.0919. The Hall–Kier alpha value is -3.61. The SMILES string of the molecule is CCNC(=NCc1cccc(C(=O)NC(C)(C)C)c1)NCc1coc(-c2ccc(C)cc2)n1. The molecule has 0 saturated carbocycles. The third kappa shape index (κ3) is 7.49. The van der Waals surface area contributed by atoms with Gasteiger partial charge in [0, 0.05) is 23.2 Å². The first-order chi connectivity index (χ1) is 15.7. The zero-order valence-electron chi connectivity index (χ0n) is 20.0. The summed E-state index contributed by atoms with van der Waals surface area (Å²) in [5.74, 6) is 1.18. The number of benzene rings is 2. The molecule has 7 nitrogen and oxygen atoms in total. The number of hydrogen-bond donors (Lipinski definition) is 3. The number of guanidine groups is 1. The summed E-state index contributed by atoms with van der Waals surface area (Å²) < 4.78 is 5.63. The van der Waals surface area contributed by atoms with Crippen LogP contribution in [0.4, 0.5) is 0 Å². The summed E-state index contributed by atoms with van der Waals surface area (Å²) in [6.45, 7) is 11.6. The average Bonchev–Trinajstić information content (AvgIpc) is 3.24. The lowest BCUT2D eigenvalue weighted by Crippen LogP contribution is -2.40. The number of aryl methyl sites for hydroxylation is 1. The molecule has 1 aromatic heterocycles. The Labute approximate surface area is 195 Å². The first-order valence-corrected chi connectivity index (χ1v) is 11.2. The highest BCUT2D eigenvalue weighted by Crippen LogP contribution is 2.19. The van der Waals surface area contributed by atoms with E-state index in [0.29, 0.717) is 30.5 Å². The maximum absolute atomic E-state index is 12.4. The van der Waals surface area contributed by atoms with E-state index in [1.165, 1.54) is 5.56 Å². The second-order valence-corrected chi connectivity index (χ2v) is 8.96. The fourth-order valence-corrected chi connectivity index (χ4v) is 3.13. The molecule has 3 N–H and O–H groups in total. The predicted octanol–water partition coefficient (Wildman–Crippen LogP) is 4.43. The third-order valence-corrected chi connectivity index (χ3v) is 4.73. The number of nitrogens with zero attached hydrogens (tertiary/aromatic N) is 2. The molecule has 2 aromatic carbocycles. The van der Waals surface area contributed by atoms with Gasteiger partial charge >= 0.3 is 0 Å². The van der Waals surface area contributed by atoms with Crippen LogP contribution in [0.3, 0.4) is 0 Å². The fourth-order valence-electron chi connectivity index (χ4n) is 3.13. The monoisotopic (exact) mass is 447 g/mol. The Kier molecular flexibility index (Phi) is 7.87. The van der Waals surface area contributed by atoms with E-state index in [1.54, 1.807) is 6.26 Å². The van der Waals surface area contributed by atoms with Crippen molar-refractivity contribution in [2.45, 2.75) is 53.2 Å². The fraction of sp³-hybridized carbons (Fsp3) is 0.346. The molecule has 33 heavy (non-hydrogen) atoms. The molecule has 0 fully saturated rings. The topological polar surface area (TPSA) is 91.5 Å². The van der Waals surface area contributed by atoms with Crippen LogP contribution in [0, 0.1) is 6.92 Å². The van der Waals surface area contributed by atoms with Gasteiger partial charge in [0.2, 0.25) is 5.89 Å². The zero-order valence-corrected chi connectivity index (χ0v) is 20.0. The number of aromatic nitrogens is 1. The van der Waals surface area contributed by atoms with E-state index in [2.05, 4.69) is 25.9 Å². The number of oxazole rings is 1. The van der Waals surface area contributed by atoms with Crippen molar-refractivity contribution < 1.29 is 9.21 Å². The van der Waals surface area contributed by atoms with Gasteiger partial charge in [0.1, 0.15) is 6.26 Å². The lowest BCUT2D eigenvalue weighted by Gasteiger charge is -2.20. The van der Waals surface area contributed by atoms with Gasteiger partial charge in [0.15, 0.2) is 5.96 Å². The molecule has 0 atom stereocenters. The van der Waals surface area contributed by atoms with Crippen LogP contribution in [0.15, 0.2) is 64.2 Å². The zero-order chi connectivity index (χ0) is 23.8. The van der Waals surface area contributed by atoms with Crippen LogP contribution in [0.5, 0.6) is 0 Å². The van der Waals surface area contributed by atoms with Crippen molar-refractivity contribution in [2.75, 3.05) is 6.54 Å². The largest absolute Gasteiger partial charge is 0.444 e. The summed E-state index contributed by atoms with van der Waals surface area (Å²) in [4.78, 5) is 21.7.